The van der Waals surface area contributed by atoms with Gasteiger partial charge in [0.2, 0.25) is 5.91 Å². The number of nitrogens with one attached hydrogen (secondary N) is 1. The van der Waals surface area contributed by atoms with E-state index in [1.54, 1.807) is 6.08 Å². The number of aliphatic hydroxyl groups excluding tert-OH is 5. The Balaban J connectivity index is 2.19. The van der Waals surface area contributed by atoms with Gasteiger partial charge in [0.05, 0.1) is 25.4 Å². The third-order valence-corrected chi connectivity index (χ3v) is 14.5. The van der Waals surface area contributed by atoms with Crippen molar-refractivity contribution in [3.63, 3.8) is 0 Å². The molecular formula is C61H115NO8. The summed E-state index contributed by atoms with van der Waals surface area (Å²) in [5.41, 5.74) is 0. The van der Waals surface area contributed by atoms with Crippen LogP contribution in [0.3, 0.4) is 0 Å². The van der Waals surface area contributed by atoms with Crippen LogP contribution in [-0.4, -0.2) is 87.5 Å². The average molecular weight is 991 g/mol. The largest absolute Gasteiger partial charge is 0.394 e. The highest BCUT2D eigenvalue weighted by Gasteiger charge is 2.44. The summed E-state index contributed by atoms with van der Waals surface area (Å²) < 4.78 is 11.3. The van der Waals surface area contributed by atoms with Crippen LogP contribution in [0.15, 0.2) is 36.5 Å². The summed E-state index contributed by atoms with van der Waals surface area (Å²) in [5, 5.41) is 54.6. The zero-order chi connectivity index (χ0) is 50.8. The lowest BCUT2D eigenvalue weighted by Crippen LogP contribution is -2.60. The summed E-state index contributed by atoms with van der Waals surface area (Å²) >= 11 is 0. The molecule has 1 aliphatic heterocycles. The van der Waals surface area contributed by atoms with Crippen LogP contribution in [0.1, 0.15) is 290 Å². The maximum absolute atomic E-state index is 13.1. The number of allylic oxidation sites excluding steroid dienone is 5. The standard InChI is InChI=1S/C61H115NO8/c1-3-5-7-9-11-13-15-17-19-21-23-24-25-26-27-28-29-30-31-33-34-36-38-40-42-44-46-48-50-55(64)54(53-69-61-60(68)59(67)58(66)56(52-63)70-61)62-57(65)51-49-47-45-43-41-39-37-35-32-22-20-18-16-14-12-10-8-6-4-2/h12,14,18,20,48,50,54-56,58-61,63-64,66-68H,3-11,13,15-17,19,21-47,49,51-53H2,1-2H3,(H,62,65)/b14-12-,20-18-,50-48+. The molecule has 412 valence electrons. The molecule has 9 nitrogen and oxygen atoms in total. The van der Waals surface area contributed by atoms with Crippen LogP contribution >= 0.6 is 0 Å². The van der Waals surface area contributed by atoms with Crippen LogP contribution in [0.25, 0.3) is 0 Å². The smallest absolute Gasteiger partial charge is 0.220 e. The highest BCUT2D eigenvalue weighted by Crippen LogP contribution is 2.23. The van der Waals surface area contributed by atoms with E-state index in [9.17, 15) is 30.3 Å². The monoisotopic (exact) mass is 990 g/mol. The summed E-state index contributed by atoms with van der Waals surface area (Å²) in [6.07, 6.45) is 59.3. The van der Waals surface area contributed by atoms with Crippen molar-refractivity contribution in [1.82, 2.24) is 5.32 Å². The van der Waals surface area contributed by atoms with Gasteiger partial charge in [-0.05, 0) is 51.4 Å². The predicted octanol–water partition coefficient (Wildman–Crippen LogP) is 15.1. The van der Waals surface area contributed by atoms with E-state index in [-0.39, 0.29) is 12.5 Å². The van der Waals surface area contributed by atoms with Crippen molar-refractivity contribution >= 4 is 5.91 Å². The average Bonchev–Trinajstić information content (AvgIpc) is 3.36. The molecule has 0 spiro atoms. The first kappa shape index (κ1) is 66.4. The molecule has 1 aliphatic rings. The molecule has 0 aliphatic carbocycles. The topological polar surface area (TPSA) is 149 Å². The van der Waals surface area contributed by atoms with E-state index in [2.05, 4.69) is 43.5 Å². The van der Waals surface area contributed by atoms with Gasteiger partial charge in [-0.1, -0.05) is 269 Å². The molecule has 0 aromatic carbocycles. The molecule has 1 heterocycles. The van der Waals surface area contributed by atoms with Crippen LogP contribution in [0.2, 0.25) is 0 Å². The lowest BCUT2D eigenvalue weighted by Gasteiger charge is -2.40. The first-order chi connectivity index (χ1) is 34.3. The van der Waals surface area contributed by atoms with Crippen molar-refractivity contribution in [1.29, 1.82) is 0 Å². The maximum atomic E-state index is 13.1. The van der Waals surface area contributed by atoms with Crippen molar-refractivity contribution in [3.05, 3.63) is 36.5 Å². The Labute approximate surface area is 431 Å². The molecule has 0 aromatic heterocycles. The fourth-order valence-corrected chi connectivity index (χ4v) is 9.66. The molecule has 70 heavy (non-hydrogen) atoms. The van der Waals surface area contributed by atoms with Crippen molar-refractivity contribution < 1.29 is 39.8 Å². The number of carbonyl (C=O) groups is 1. The van der Waals surface area contributed by atoms with E-state index < -0.39 is 49.5 Å². The number of carbonyl (C=O) groups excluding carboxylic acids is 1. The molecule has 0 aromatic rings. The van der Waals surface area contributed by atoms with Gasteiger partial charge in [-0.25, -0.2) is 0 Å². The first-order valence-corrected chi connectivity index (χ1v) is 30.2. The summed E-state index contributed by atoms with van der Waals surface area (Å²) in [4.78, 5) is 13.1. The fourth-order valence-electron chi connectivity index (χ4n) is 9.66. The molecule has 0 radical (unpaired) electrons. The van der Waals surface area contributed by atoms with E-state index in [0.29, 0.717) is 6.42 Å². The second-order valence-corrected chi connectivity index (χ2v) is 21.1. The predicted molar refractivity (Wildman–Crippen MR) is 295 cm³/mol. The molecule has 0 bridgehead atoms. The Hall–Kier alpha value is -1.59. The summed E-state index contributed by atoms with van der Waals surface area (Å²) in [6.45, 7) is 3.78. The molecule has 1 rings (SSSR count). The van der Waals surface area contributed by atoms with Crippen LogP contribution in [0, 0.1) is 0 Å². The minimum absolute atomic E-state index is 0.178. The van der Waals surface area contributed by atoms with Gasteiger partial charge in [-0.2, -0.15) is 0 Å². The Kier molecular flexibility index (Phi) is 48.3. The highest BCUT2D eigenvalue weighted by atomic mass is 16.7. The zero-order valence-electron chi connectivity index (χ0n) is 45.8. The number of aliphatic hydroxyl groups is 5. The quantitative estimate of drug-likeness (QED) is 0.0261. The molecule has 1 amide bonds. The molecule has 1 saturated heterocycles. The second-order valence-electron chi connectivity index (χ2n) is 21.1. The molecular weight excluding hydrogens is 875 g/mol. The van der Waals surface area contributed by atoms with Crippen molar-refractivity contribution in [3.8, 4) is 0 Å². The minimum Gasteiger partial charge on any atom is -0.394 e. The first-order valence-electron chi connectivity index (χ1n) is 30.2. The number of hydrogen-bond acceptors (Lipinski definition) is 8. The van der Waals surface area contributed by atoms with E-state index in [1.165, 1.54) is 225 Å². The van der Waals surface area contributed by atoms with Gasteiger partial charge >= 0.3 is 0 Å². The molecule has 7 unspecified atom stereocenters. The van der Waals surface area contributed by atoms with Crippen LogP contribution in [-0.2, 0) is 14.3 Å². The second kappa shape index (κ2) is 50.9. The SMILES string of the molecule is CCCCC/C=C\C/C=C\CCCCCCCCCCCC(=O)NC(COC1OC(CO)C(O)C(O)C1O)C(O)/C=C/CCCCCCCCCCCCCCCCCCCCCCCCCCCC. The Bertz CT molecular complexity index is 1190. The van der Waals surface area contributed by atoms with Crippen molar-refractivity contribution in [2.24, 2.45) is 0 Å². The normalized spacial score (nSPS) is 19.6. The fraction of sp³-hybridized carbons (Fsp3) is 0.885. The summed E-state index contributed by atoms with van der Waals surface area (Å²) in [6, 6.07) is -0.808. The molecule has 0 saturated carbocycles. The van der Waals surface area contributed by atoms with Gasteiger partial charge in [0.1, 0.15) is 24.4 Å². The lowest BCUT2D eigenvalue weighted by atomic mass is 9.99. The number of hydrogen-bond donors (Lipinski definition) is 6. The van der Waals surface area contributed by atoms with Crippen molar-refractivity contribution in [2.75, 3.05) is 13.2 Å². The number of unbranched alkanes of at least 4 members (excludes halogenated alkanes) is 38. The molecule has 6 N–H and O–H groups in total. The molecule has 9 heteroatoms. The van der Waals surface area contributed by atoms with Gasteiger partial charge in [0.15, 0.2) is 6.29 Å². The Morgan fingerprint density at radius 1 is 0.486 bits per heavy atom. The van der Waals surface area contributed by atoms with Gasteiger partial charge < -0.3 is 40.3 Å². The van der Waals surface area contributed by atoms with Crippen LogP contribution < -0.4 is 5.32 Å². The highest BCUT2D eigenvalue weighted by molar-refractivity contribution is 5.76. The third kappa shape index (κ3) is 39.9. The Morgan fingerprint density at radius 3 is 1.26 bits per heavy atom. The lowest BCUT2D eigenvalue weighted by molar-refractivity contribution is -0.302. The van der Waals surface area contributed by atoms with Crippen LogP contribution in [0.4, 0.5) is 0 Å². The third-order valence-electron chi connectivity index (χ3n) is 14.5. The number of ether oxygens (including phenoxy) is 2. The molecule has 7 atom stereocenters. The van der Waals surface area contributed by atoms with E-state index in [1.807, 2.05) is 6.08 Å². The minimum atomic E-state index is -1.57. The van der Waals surface area contributed by atoms with Gasteiger partial charge in [0, 0.05) is 6.42 Å². The van der Waals surface area contributed by atoms with Gasteiger partial charge in [0.25, 0.3) is 0 Å². The number of rotatable bonds is 52. The van der Waals surface area contributed by atoms with E-state index in [0.717, 1.165) is 44.9 Å². The maximum Gasteiger partial charge on any atom is 0.220 e. The Morgan fingerprint density at radius 2 is 0.843 bits per heavy atom. The van der Waals surface area contributed by atoms with Crippen LogP contribution in [0.5, 0.6) is 0 Å². The van der Waals surface area contributed by atoms with Crippen molar-refractivity contribution in [2.45, 2.75) is 333 Å². The van der Waals surface area contributed by atoms with E-state index >= 15 is 0 Å². The number of amides is 1. The van der Waals surface area contributed by atoms with Gasteiger partial charge in [-0.15, -0.1) is 0 Å². The van der Waals surface area contributed by atoms with E-state index in [4.69, 9.17) is 9.47 Å². The zero-order valence-corrected chi connectivity index (χ0v) is 45.8. The summed E-state index contributed by atoms with van der Waals surface area (Å²) in [5.74, 6) is -0.178. The van der Waals surface area contributed by atoms with Gasteiger partial charge in [-0.3, -0.25) is 4.79 Å². The molecule has 1 fully saturated rings. The summed E-state index contributed by atoms with van der Waals surface area (Å²) in [7, 11) is 0.